The Morgan fingerprint density at radius 1 is 0.957 bits per heavy atom. The molecule has 23 heavy (non-hydrogen) atoms. The van der Waals surface area contributed by atoms with Gasteiger partial charge in [-0.05, 0) is 12.1 Å². The van der Waals surface area contributed by atoms with Gasteiger partial charge in [-0.15, -0.1) is 0 Å². The monoisotopic (exact) mass is 370 g/mol. The fraction of sp³-hybridized carbons (Fsp3) is 0. The van der Waals surface area contributed by atoms with Gasteiger partial charge in [0.15, 0.2) is 0 Å². The third-order valence-electron chi connectivity index (χ3n) is 3.64. The highest BCUT2D eigenvalue weighted by Gasteiger charge is 2.37. The quantitative estimate of drug-likeness (QED) is 0.555. The van der Waals surface area contributed by atoms with Crippen LogP contribution in [0, 0.1) is 0 Å². The average molecular weight is 371 g/mol. The zero-order chi connectivity index (χ0) is 16.1. The number of nitrogens with one attached hydrogen (secondary N) is 1. The third kappa shape index (κ3) is 1.93. The first-order valence-corrected chi connectivity index (χ1v) is 7.44. The van der Waals surface area contributed by atoms with E-state index in [1.165, 1.54) is 12.1 Å². The van der Waals surface area contributed by atoms with Crippen LogP contribution in [-0.4, -0.2) is 21.7 Å². The Labute approximate surface area is 137 Å². The largest absolute Gasteiger partial charge is 0.351 e. The molecular weight excluding hydrogens is 364 g/mol. The van der Waals surface area contributed by atoms with E-state index in [0.29, 0.717) is 10.0 Å². The molecule has 0 amide bonds. The maximum absolute atomic E-state index is 12.7. The Hall–Kier alpha value is -2.80. The predicted molar refractivity (Wildman–Crippen MR) is 83.6 cm³/mol. The molecule has 1 aliphatic rings. The number of carbonyl (C=O) groups excluding carboxylic acids is 2. The van der Waals surface area contributed by atoms with Crippen LogP contribution in [0.15, 0.2) is 50.2 Å². The summed E-state index contributed by atoms with van der Waals surface area (Å²) in [7, 11) is 0. The third-order valence-corrected chi connectivity index (χ3v) is 4.34. The minimum atomic E-state index is -0.487. The Kier molecular flexibility index (Phi) is 2.92. The van der Waals surface area contributed by atoms with Crippen molar-refractivity contribution < 1.29 is 14.1 Å². The number of rotatable bonds is 1. The first kappa shape index (κ1) is 13.8. The molecule has 4 rings (SSSR count). The second-order valence-electron chi connectivity index (χ2n) is 4.98. The van der Waals surface area contributed by atoms with Gasteiger partial charge in [-0.25, -0.2) is 0 Å². The van der Waals surface area contributed by atoms with Gasteiger partial charge in [0.25, 0.3) is 0 Å². The lowest BCUT2D eigenvalue weighted by Crippen LogP contribution is -2.24. The summed E-state index contributed by atoms with van der Waals surface area (Å²) < 4.78 is 5.84. The molecule has 0 saturated heterocycles. The van der Waals surface area contributed by atoms with Crippen LogP contribution in [0.4, 0.5) is 0 Å². The number of fused-ring (bicyclic) bond motifs is 2. The number of aromatic amines is 1. The molecule has 0 saturated carbocycles. The van der Waals surface area contributed by atoms with Crippen molar-refractivity contribution in [1.82, 2.24) is 10.1 Å². The van der Waals surface area contributed by atoms with E-state index < -0.39 is 17.1 Å². The van der Waals surface area contributed by atoms with E-state index in [1.54, 1.807) is 18.2 Å². The van der Waals surface area contributed by atoms with Crippen molar-refractivity contribution in [3.8, 4) is 11.3 Å². The molecule has 0 radical (unpaired) electrons. The maximum atomic E-state index is 12.7. The summed E-state index contributed by atoms with van der Waals surface area (Å²) in [6, 6.07) is 9.66. The van der Waals surface area contributed by atoms with Crippen LogP contribution >= 0.6 is 15.9 Å². The number of carbonyl (C=O) groups is 2. The zero-order valence-electron chi connectivity index (χ0n) is 11.4. The van der Waals surface area contributed by atoms with E-state index in [1.807, 2.05) is 6.07 Å². The van der Waals surface area contributed by atoms with Crippen molar-refractivity contribution in [2.45, 2.75) is 0 Å². The predicted octanol–water partition coefficient (Wildman–Crippen LogP) is 2.57. The summed E-state index contributed by atoms with van der Waals surface area (Å²) in [6.45, 7) is 0. The zero-order valence-corrected chi connectivity index (χ0v) is 13.0. The molecule has 0 fully saturated rings. The van der Waals surface area contributed by atoms with Gasteiger partial charge in [-0.1, -0.05) is 39.3 Å². The lowest BCUT2D eigenvalue weighted by atomic mass is 9.89. The molecule has 0 unspecified atom stereocenters. The van der Waals surface area contributed by atoms with E-state index in [2.05, 4.69) is 26.1 Å². The average Bonchev–Trinajstić information content (AvgIpc) is 2.98. The number of hydrogen-bond acceptors (Lipinski definition) is 5. The van der Waals surface area contributed by atoms with E-state index in [4.69, 9.17) is 4.52 Å². The molecule has 0 aliphatic heterocycles. The number of benzene rings is 1. The number of halogens is 1. The Morgan fingerprint density at radius 3 is 2.52 bits per heavy atom. The highest BCUT2D eigenvalue weighted by Crippen LogP contribution is 2.35. The van der Waals surface area contributed by atoms with Crippen molar-refractivity contribution in [3.05, 3.63) is 73.8 Å². The van der Waals surface area contributed by atoms with E-state index in [-0.39, 0.29) is 28.3 Å². The van der Waals surface area contributed by atoms with Gasteiger partial charge in [0.2, 0.25) is 22.9 Å². The van der Waals surface area contributed by atoms with Crippen LogP contribution in [0.1, 0.15) is 32.2 Å². The van der Waals surface area contributed by atoms with Gasteiger partial charge in [-0.2, -0.15) is 0 Å². The van der Waals surface area contributed by atoms with Gasteiger partial charge in [0.1, 0.15) is 17.0 Å². The lowest BCUT2D eigenvalue weighted by molar-refractivity contribution is 0.0951. The molecule has 1 N–H and O–H groups in total. The molecule has 2 heterocycles. The molecule has 3 aromatic rings. The van der Waals surface area contributed by atoms with Crippen molar-refractivity contribution in [2.75, 3.05) is 0 Å². The van der Waals surface area contributed by atoms with Crippen LogP contribution in [0.25, 0.3) is 11.3 Å². The fourth-order valence-electron chi connectivity index (χ4n) is 2.58. The van der Waals surface area contributed by atoms with Gasteiger partial charge in [0, 0.05) is 16.1 Å². The molecule has 6 nitrogen and oxygen atoms in total. The molecule has 0 atom stereocenters. The summed E-state index contributed by atoms with van der Waals surface area (Å²) >= 11 is 3.39. The van der Waals surface area contributed by atoms with Gasteiger partial charge < -0.3 is 9.51 Å². The molecule has 7 heteroatoms. The molecule has 0 bridgehead atoms. The lowest BCUT2D eigenvalue weighted by Gasteiger charge is -2.12. The summed E-state index contributed by atoms with van der Waals surface area (Å²) in [4.78, 5) is 39.1. The smallest absolute Gasteiger partial charge is 0.248 e. The van der Waals surface area contributed by atoms with Crippen molar-refractivity contribution in [1.29, 1.82) is 0 Å². The van der Waals surface area contributed by atoms with Gasteiger partial charge in [-0.3, -0.25) is 14.4 Å². The SMILES string of the molecule is O=C1c2ccc(=O)[nH]c2C(=O)c2c(-c3ccccc3Br)noc21. The molecule has 1 aromatic carbocycles. The first-order valence-electron chi connectivity index (χ1n) is 6.65. The van der Waals surface area contributed by atoms with Crippen molar-refractivity contribution in [2.24, 2.45) is 0 Å². The van der Waals surface area contributed by atoms with E-state index >= 15 is 0 Å². The summed E-state index contributed by atoms with van der Waals surface area (Å²) in [5.41, 5.74) is 0.577. The number of nitrogens with zero attached hydrogens (tertiary/aromatic N) is 1. The van der Waals surface area contributed by atoms with Crippen LogP contribution < -0.4 is 5.56 Å². The molecule has 112 valence electrons. The standard InChI is InChI=1S/C16H7BrN2O4/c17-9-4-2-1-3-7(9)12-11-15(22)13-8(5-6-10(20)18-13)14(21)16(11)23-19-12/h1-6H,(H,18,20). The molecule has 0 spiro atoms. The first-order chi connectivity index (χ1) is 11.1. The number of hydrogen-bond donors (Lipinski definition) is 1. The van der Waals surface area contributed by atoms with Crippen molar-refractivity contribution in [3.63, 3.8) is 0 Å². The highest BCUT2D eigenvalue weighted by atomic mass is 79.9. The minimum Gasteiger partial charge on any atom is -0.351 e. The Bertz CT molecular complexity index is 1050. The maximum Gasteiger partial charge on any atom is 0.248 e. The number of aromatic nitrogens is 2. The highest BCUT2D eigenvalue weighted by molar-refractivity contribution is 9.10. The molecular formula is C16H7BrN2O4. The topological polar surface area (TPSA) is 93.0 Å². The normalized spacial score (nSPS) is 12.9. The van der Waals surface area contributed by atoms with Crippen molar-refractivity contribution >= 4 is 27.5 Å². The Morgan fingerprint density at radius 2 is 1.74 bits per heavy atom. The van der Waals surface area contributed by atoms with Crippen LogP contribution in [0.5, 0.6) is 0 Å². The Balaban J connectivity index is 2.00. The molecule has 1 aliphatic carbocycles. The number of pyridine rings is 1. The minimum absolute atomic E-state index is 0.0356. The summed E-state index contributed by atoms with van der Waals surface area (Å²) in [6.07, 6.45) is 0. The second kappa shape index (κ2) is 4.85. The van der Waals surface area contributed by atoms with Crippen LogP contribution in [0.3, 0.4) is 0 Å². The van der Waals surface area contributed by atoms with E-state index in [9.17, 15) is 14.4 Å². The number of ketones is 2. The van der Waals surface area contributed by atoms with Gasteiger partial charge >= 0.3 is 0 Å². The summed E-state index contributed by atoms with van der Waals surface area (Å²) in [5, 5.41) is 3.90. The summed E-state index contributed by atoms with van der Waals surface area (Å²) in [5.74, 6) is -1.07. The van der Waals surface area contributed by atoms with E-state index in [0.717, 1.165) is 0 Å². The van der Waals surface area contributed by atoms with Gasteiger partial charge in [0.05, 0.1) is 5.56 Å². The fourth-order valence-corrected chi connectivity index (χ4v) is 3.06. The molecule has 2 aromatic heterocycles. The second-order valence-corrected chi connectivity index (χ2v) is 5.84. The number of H-pyrrole nitrogens is 1. The van der Waals surface area contributed by atoms with Crippen LogP contribution in [0.2, 0.25) is 0 Å². The van der Waals surface area contributed by atoms with Crippen LogP contribution in [-0.2, 0) is 0 Å².